The van der Waals surface area contributed by atoms with Gasteiger partial charge in [0.15, 0.2) is 0 Å². The van der Waals surface area contributed by atoms with Crippen molar-refractivity contribution in [3.8, 4) is 0 Å². The van der Waals surface area contributed by atoms with Gasteiger partial charge < -0.3 is 9.64 Å². The number of carbonyl (C=O) groups is 1. The Labute approximate surface area is 155 Å². The van der Waals surface area contributed by atoms with Gasteiger partial charge in [0.2, 0.25) is 15.9 Å². The summed E-state index contributed by atoms with van der Waals surface area (Å²) in [5, 5.41) is 0. The smallest absolute Gasteiger partial charge is 0.240 e. The minimum atomic E-state index is -3.59. The van der Waals surface area contributed by atoms with Crippen LogP contribution in [-0.4, -0.2) is 65.7 Å². The van der Waals surface area contributed by atoms with Crippen LogP contribution in [0.2, 0.25) is 0 Å². The van der Waals surface area contributed by atoms with Crippen LogP contribution in [0, 0.1) is 0 Å². The molecule has 2 aliphatic heterocycles. The molecule has 2 heterocycles. The Bertz CT molecular complexity index is 786. The minimum absolute atomic E-state index is 0.0433. The van der Waals surface area contributed by atoms with Crippen molar-refractivity contribution in [3.05, 3.63) is 23.8 Å². The predicted octanol–water partition coefficient (Wildman–Crippen LogP) is 0.941. The Kier molecular flexibility index (Phi) is 5.39. The van der Waals surface area contributed by atoms with Crippen molar-refractivity contribution in [1.29, 1.82) is 0 Å². The summed E-state index contributed by atoms with van der Waals surface area (Å²) in [5.74, 6) is 0.0433. The highest BCUT2D eigenvalue weighted by Gasteiger charge is 2.36. The van der Waals surface area contributed by atoms with E-state index in [1.165, 1.54) is 0 Å². The van der Waals surface area contributed by atoms with Gasteiger partial charge in [-0.05, 0) is 23.8 Å². The summed E-state index contributed by atoms with van der Waals surface area (Å²) in [4.78, 5) is 16.2. The van der Waals surface area contributed by atoms with E-state index in [1.807, 2.05) is 13.8 Å². The van der Waals surface area contributed by atoms with Crippen molar-refractivity contribution in [2.45, 2.75) is 30.6 Å². The Balaban J connectivity index is 1.75. The average Bonchev–Trinajstić information content (AvgIpc) is 2.60. The summed E-state index contributed by atoms with van der Waals surface area (Å²) >= 11 is 0. The predicted molar refractivity (Wildman–Crippen MR) is 99.9 cm³/mol. The molecule has 8 heteroatoms. The quantitative estimate of drug-likeness (QED) is 0.821. The lowest BCUT2D eigenvalue weighted by atomic mass is 9.77. The number of amides is 1. The van der Waals surface area contributed by atoms with Gasteiger partial charge >= 0.3 is 0 Å². The third-order valence-corrected chi connectivity index (χ3v) is 6.62. The molecule has 1 aromatic carbocycles. The van der Waals surface area contributed by atoms with Crippen LogP contribution in [0.3, 0.4) is 0 Å². The molecule has 2 aliphatic rings. The topological polar surface area (TPSA) is 79.0 Å². The lowest BCUT2D eigenvalue weighted by Crippen LogP contribution is -2.41. The van der Waals surface area contributed by atoms with Crippen molar-refractivity contribution >= 4 is 21.6 Å². The number of benzene rings is 1. The van der Waals surface area contributed by atoms with E-state index in [4.69, 9.17) is 4.74 Å². The number of anilines is 1. The van der Waals surface area contributed by atoms with Gasteiger partial charge in [0.05, 0.1) is 18.1 Å². The van der Waals surface area contributed by atoms with Gasteiger partial charge in [-0.2, -0.15) is 0 Å². The van der Waals surface area contributed by atoms with E-state index in [0.29, 0.717) is 32.7 Å². The average molecular weight is 381 g/mol. The molecule has 3 rings (SSSR count). The van der Waals surface area contributed by atoms with E-state index in [1.54, 1.807) is 30.1 Å². The van der Waals surface area contributed by atoms with E-state index < -0.39 is 15.4 Å². The number of nitrogens with zero attached hydrogens (tertiary/aromatic N) is 2. The highest BCUT2D eigenvalue weighted by Crippen LogP contribution is 2.40. The molecule has 0 saturated carbocycles. The van der Waals surface area contributed by atoms with Crippen LogP contribution >= 0.6 is 0 Å². The molecule has 0 atom stereocenters. The molecule has 0 spiro atoms. The number of rotatable bonds is 5. The molecule has 1 aromatic rings. The molecule has 7 nitrogen and oxygen atoms in total. The highest BCUT2D eigenvalue weighted by atomic mass is 32.2. The molecule has 1 amide bonds. The molecule has 144 valence electrons. The molecule has 0 radical (unpaired) electrons. The first-order valence-corrected chi connectivity index (χ1v) is 10.4. The lowest BCUT2D eigenvalue weighted by molar-refractivity contribution is -0.119. The zero-order valence-corrected chi connectivity index (χ0v) is 16.4. The fourth-order valence-electron chi connectivity index (χ4n) is 3.49. The third kappa shape index (κ3) is 3.93. The van der Waals surface area contributed by atoms with Gasteiger partial charge in [0.1, 0.15) is 0 Å². The third-order valence-electron chi connectivity index (χ3n) is 5.16. The second kappa shape index (κ2) is 7.26. The highest BCUT2D eigenvalue weighted by molar-refractivity contribution is 7.89. The molecule has 0 aliphatic carbocycles. The van der Waals surface area contributed by atoms with Gasteiger partial charge in [-0.1, -0.05) is 13.8 Å². The van der Waals surface area contributed by atoms with Crippen LogP contribution in [0.15, 0.2) is 23.1 Å². The first-order chi connectivity index (χ1) is 12.2. The van der Waals surface area contributed by atoms with Crippen molar-refractivity contribution in [1.82, 2.24) is 9.62 Å². The monoisotopic (exact) mass is 381 g/mol. The van der Waals surface area contributed by atoms with Crippen molar-refractivity contribution in [2.75, 3.05) is 51.3 Å². The lowest BCUT2D eigenvalue weighted by Gasteiger charge is -2.37. The zero-order chi connectivity index (χ0) is 18.9. The first-order valence-electron chi connectivity index (χ1n) is 8.91. The number of hydrogen-bond donors (Lipinski definition) is 1. The van der Waals surface area contributed by atoms with E-state index in [9.17, 15) is 13.2 Å². The molecule has 0 aromatic heterocycles. The fraction of sp³-hybridized carbons (Fsp3) is 0.611. The maximum atomic E-state index is 12.7. The number of sulfonamides is 1. The molecule has 1 N–H and O–H groups in total. The maximum Gasteiger partial charge on any atom is 0.240 e. The van der Waals surface area contributed by atoms with Gasteiger partial charge in [-0.3, -0.25) is 9.69 Å². The number of morpholine rings is 1. The Hall–Kier alpha value is -1.48. The summed E-state index contributed by atoms with van der Waals surface area (Å²) in [5.41, 5.74) is 1.27. The summed E-state index contributed by atoms with van der Waals surface area (Å²) < 4.78 is 33.3. The van der Waals surface area contributed by atoms with Crippen molar-refractivity contribution < 1.29 is 17.9 Å². The summed E-state index contributed by atoms with van der Waals surface area (Å²) in [6.45, 7) is 8.01. The SMILES string of the molecule is CN1C(=O)CC(C)(C)c2cc(S(=O)(=O)NCCN3CCOCC3)ccc21. The normalized spacial score (nSPS) is 20.9. The van der Waals surface area contributed by atoms with E-state index in [-0.39, 0.29) is 10.8 Å². The van der Waals surface area contributed by atoms with Crippen LogP contribution in [0.25, 0.3) is 0 Å². The van der Waals surface area contributed by atoms with Crippen LogP contribution in [-0.2, 0) is 25.0 Å². The molecule has 26 heavy (non-hydrogen) atoms. The Morgan fingerprint density at radius 3 is 2.62 bits per heavy atom. The maximum absolute atomic E-state index is 12.7. The summed E-state index contributed by atoms with van der Waals surface area (Å²) in [7, 11) is -1.86. The second-order valence-electron chi connectivity index (χ2n) is 7.54. The summed E-state index contributed by atoms with van der Waals surface area (Å²) in [6, 6.07) is 5.00. The second-order valence-corrected chi connectivity index (χ2v) is 9.31. The Morgan fingerprint density at radius 1 is 1.23 bits per heavy atom. The van der Waals surface area contributed by atoms with Crippen LogP contribution in [0.1, 0.15) is 25.8 Å². The van der Waals surface area contributed by atoms with Crippen LogP contribution in [0.5, 0.6) is 0 Å². The number of hydrogen-bond acceptors (Lipinski definition) is 5. The molecular weight excluding hydrogens is 354 g/mol. The van der Waals surface area contributed by atoms with E-state index in [2.05, 4.69) is 9.62 Å². The standard InChI is InChI=1S/C18H27N3O4S/c1-18(2)13-17(22)20(3)16-5-4-14(12-15(16)18)26(23,24)19-6-7-21-8-10-25-11-9-21/h4-5,12,19H,6-11,13H2,1-3H3. The van der Waals surface area contributed by atoms with Crippen LogP contribution < -0.4 is 9.62 Å². The molecule has 1 fully saturated rings. The largest absolute Gasteiger partial charge is 0.379 e. The zero-order valence-electron chi connectivity index (χ0n) is 15.6. The number of carbonyl (C=O) groups excluding carboxylic acids is 1. The minimum Gasteiger partial charge on any atom is -0.379 e. The number of ether oxygens (including phenoxy) is 1. The molecule has 1 saturated heterocycles. The molecule has 0 bridgehead atoms. The van der Waals surface area contributed by atoms with E-state index in [0.717, 1.165) is 24.3 Å². The number of fused-ring (bicyclic) bond motifs is 1. The molecular formula is C18H27N3O4S. The molecule has 0 unspecified atom stereocenters. The van der Waals surface area contributed by atoms with Gasteiger partial charge in [-0.15, -0.1) is 0 Å². The fourth-order valence-corrected chi connectivity index (χ4v) is 4.54. The Morgan fingerprint density at radius 2 is 1.92 bits per heavy atom. The van der Waals surface area contributed by atoms with Crippen LogP contribution in [0.4, 0.5) is 5.69 Å². The number of nitrogens with one attached hydrogen (secondary N) is 1. The van der Waals surface area contributed by atoms with Crippen molar-refractivity contribution in [2.24, 2.45) is 0 Å². The van der Waals surface area contributed by atoms with Gasteiger partial charge in [-0.25, -0.2) is 13.1 Å². The van der Waals surface area contributed by atoms with E-state index >= 15 is 0 Å². The van der Waals surface area contributed by atoms with Gasteiger partial charge in [0, 0.05) is 50.7 Å². The van der Waals surface area contributed by atoms with Crippen molar-refractivity contribution in [3.63, 3.8) is 0 Å². The van der Waals surface area contributed by atoms with Gasteiger partial charge in [0.25, 0.3) is 0 Å². The first kappa shape index (κ1) is 19.3. The summed E-state index contributed by atoms with van der Waals surface area (Å²) in [6.07, 6.45) is 0.366.